The molecule has 1 aromatic heterocycles. The highest BCUT2D eigenvalue weighted by atomic mass is 19.1. The number of aryl methyl sites for hydroxylation is 2. The first-order valence-corrected chi connectivity index (χ1v) is 7.06. The molecule has 0 bridgehead atoms. The van der Waals surface area contributed by atoms with Crippen molar-refractivity contribution in [3.8, 4) is 0 Å². The summed E-state index contributed by atoms with van der Waals surface area (Å²) in [5, 5.41) is 0. The maximum atomic E-state index is 13.2. The summed E-state index contributed by atoms with van der Waals surface area (Å²) < 4.78 is 15.3. The molecule has 2 aromatic carbocycles. The van der Waals surface area contributed by atoms with Gasteiger partial charge in [-0.1, -0.05) is 30.3 Å². The smallest absolute Gasteiger partial charge is 0.125 e. The molecule has 1 atom stereocenters. The molecular weight excluding hydrogens is 265 g/mol. The molecule has 2 N–H and O–H groups in total. The predicted molar refractivity (Wildman–Crippen MR) is 82.4 cm³/mol. The van der Waals surface area contributed by atoms with Gasteiger partial charge >= 0.3 is 0 Å². The molecule has 0 spiro atoms. The summed E-state index contributed by atoms with van der Waals surface area (Å²) in [6.45, 7) is 0. The number of hydrogen-bond acceptors (Lipinski definition) is 2. The topological polar surface area (TPSA) is 43.8 Å². The predicted octanol–water partition coefficient (Wildman–Crippen LogP) is 3.35. The van der Waals surface area contributed by atoms with Crippen LogP contribution in [0.3, 0.4) is 0 Å². The maximum Gasteiger partial charge on any atom is 0.125 e. The molecule has 1 heterocycles. The quantitative estimate of drug-likeness (QED) is 0.798. The number of aromatic nitrogens is 2. The van der Waals surface area contributed by atoms with Gasteiger partial charge in [-0.05, 0) is 24.1 Å². The van der Waals surface area contributed by atoms with Crippen molar-refractivity contribution in [3.05, 3.63) is 65.7 Å². The van der Waals surface area contributed by atoms with Gasteiger partial charge in [0.1, 0.15) is 11.6 Å². The van der Waals surface area contributed by atoms with Gasteiger partial charge in [0.15, 0.2) is 0 Å². The number of fused-ring (bicyclic) bond motifs is 1. The second-order valence-electron chi connectivity index (χ2n) is 5.28. The van der Waals surface area contributed by atoms with Gasteiger partial charge in [0.2, 0.25) is 0 Å². The number of hydrogen-bond donors (Lipinski definition) is 1. The van der Waals surface area contributed by atoms with Gasteiger partial charge in [-0.25, -0.2) is 9.37 Å². The molecule has 0 fully saturated rings. The summed E-state index contributed by atoms with van der Waals surface area (Å²) in [5.74, 6) is 0.676. The van der Waals surface area contributed by atoms with E-state index >= 15 is 0 Å². The fourth-order valence-electron chi connectivity index (χ4n) is 2.60. The molecule has 0 aliphatic heterocycles. The number of rotatable bonds is 4. The third-order valence-corrected chi connectivity index (χ3v) is 3.84. The van der Waals surface area contributed by atoms with Crippen LogP contribution in [0.1, 0.15) is 23.9 Å². The van der Waals surface area contributed by atoms with Crippen molar-refractivity contribution in [1.29, 1.82) is 0 Å². The van der Waals surface area contributed by atoms with Crippen molar-refractivity contribution in [2.24, 2.45) is 12.8 Å². The van der Waals surface area contributed by atoms with E-state index in [4.69, 9.17) is 5.73 Å². The average Bonchev–Trinajstić information content (AvgIpc) is 2.81. The number of nitrogens with two attached hydrogens (primary N) is 1. The summed E-state index contributed by atoms with van der Waals surface area (Å²) in [5.41, 5.74) is 8.98. The van der Waals surface area contributed by atoms with Crippen molar-refractivity contribution in [1.82, 2.24) is 9.55 Å². The lowest BCUT2D eigenvalue weighted by Crippen LogP contribution is -2.12. The number of nitrogens with zero attached hydrogens (tertiary/aromatic N) is 2. The van der Waals surface area contributed by atoms with E-state index in [-0.39, 0.29) is 11.9 Å². The first-order valence-electron chi connectivity index (χ1n) is 7.06. The fraction of sp³-hybridized carbons (Fsp3) is 0.235. The Morgan fingerprint density at radius 3 is 2.71 bits per heavy atom. The van der Waals surface area contributed by atoms with Crippen LogP contribution >= 0.6 is 0 Å². The van der Waals surface area contributed by atoms with Crippen molar-refractivity contribution in [2.45, 2.75) is 18.9 Å². The van der Waals surface area contributed by atoms with Gasteiger partial charge in [-0.15, -0.1) is 0 Å². The summed E-state index contributed by atoms with van der Waals surface area (Å²) in [4.78, 5) is 4.51. The summed E-state index contributed by atoms with van der Waals surface area (Å²) in [6.07, 6.45) is 1.58. The highest BCUT2D eigenvalue weighted by Gasteiger charge is 2.11. The molecule has 0 radical (unpaired) electrons. The largest absolute Gasteiger partial charge is 0.331 e. The molecule has 0 amide bonds. The Morgan fingerprint density at radius 2 is 1.95 bits per heavy atom. The average molecular weight is 283 g/mol. The third kappa shape index (κ3) is 2.81. The van der Waals surface area contributed by atoms with Crippen LogP contribution in [0, 0.1) is 5.82 Å². The highest BCUT2D eigenvalue weighted by Crippen LogP contribution is 2.20. The number of benzene rings is 2. The van der Waals surface area contributed by atoms with Gasteiger partial charge < -0.3 is 10.3 Å². The Hall–Kier alpha value is -2.20. The summed E-state index contributed by atoms with van der Waals surface area (Å²) >= 11 is 0. The van der Waals surface area contributed by atoms with E-state index in [1.807, 2.05) is 41.9 Å². The molecule has 3 nitrogen and oxygen atoms in total. The second kappa shape index (κ2) is 5.66. The van der Waals surface area contributed by atoms with Crippen LogP contribution in [0.2, 0.25) is 0 Å². The fourth-order valence-corrected chi connectivity index (χ4v) is 2.60. The lowest BCUT2D eigenvalue weighted by Gasteiger charge is -2.11. The molecule has 3 rings (SSSR count). The normalized spacial score (nSPS) is 12.7. The van der Waals surface area contributed by atoms with E-state index < -0.39 is 0 Å². The van der Waals surface area contributed by atoms with Crippen LogP contribution < -0.4 is 5.73 Å². The SMILES string of the molecule is Cn1c(CCC(N)c2ccccc2)nc2cc(F)ccc21. The molecule has 0 aliphatic rings. The van der Waals surface area contributed by atoms with Gasteiger partial charge in [0.05, 0.1) is 11.0 Å². The van der Waals surface area contributed by atoms with Crippen LogP contribution in [0.4, 0.5) is 4.39 Å². The molecule has 1 unspecified atom stereocenters. The summed E-state index contributed by atoms with van der Waals surface area (Å²) in [6, 6.07) is 14.7. The zero-order chi connectivity index (χ0) is 14.8. The molecular formula is C17H18FN3. The molecule has 108 valence electrons. The number of imidazole rings is 1. The van der Waals surface area contributed by atoms with E-state index in [1.165, 1.54) is 12.1 Å². The Labute approximate surface area is 123 Å². The van der Waals surface area contributed by atoms with Crippen molar-refractivity contribution in [3.63, 3.8) is 0 Å². The molecule has 3 aromatic rings. The van der Waals surface area contributed by atoms with Gasteiger partial charge in [-0.3, -0.25) is 0 Å². The van der Waals surface area contributed by atoms with Gasteiger partial charge in [-0.2, -0.15) is 0 Å². The molecule has 4 heteroatoms. The van der Waals surface area contributed by atoms with Crippen LogP contribution in [0.5, 0.6) is 0 Å². The standard InChI is InChI=1S/C17H18FN3/c1-21-16-9-7-13(18)11-15(16)20-17(21)10-8-14(19)12-5-3-2-4-6-12/h2-7,9,11,14H,8,10,19H2,1H3. The van der Waals surface area contributed by atoms with E-state index in [0.29, 0.717) is 5.52 Å². The monoisotopic (exact) mass is 283 g/mol. The summed E-state index contributed by atoms with van der Waals surface area (Å²) in [7, 11) is 1.95. The van der Waals surface area contributed by atoms with E-state index in [0.717, 1.165) is 29.7 Å². The molecule has 0 saturated heterocycles. The molecule has 21 heavy (non-hydrogen) atoms. The van der Waals surface area contributed by atoms with E-state index in [1.54, 1.807) is 6.07 Å². The van der Waals surface area contributed by atoms with Crippen LogP contribution in [0.25, 0.3) is 11.0 Å². The minimum atomic E-state index is -0.256. The third-order valence-electron chi connectivity index (χ3n) is 3.84. The zero-order valence-corrected chi connectivity index (χ0v) is 12.0. The molecule has 0 saturated carbocycles. The van der Waals surface area contributed by atoms with E-state index in [2.05, 4.69) is 4.98 Å². The van der Waals surface area contributed by atoms with Crippen LogP contribution in [-0.2, 0) is 13.5 Å². The first-order chi connectivity index (χ1) is 10.1. The van der Waals surface area contributed by atoms with Crippen molar-refractivity contribution >= 4 is 11.0 Å². The van der Waals surface area contributed by atoms with Gasteiger partial charge in [0, 0.05) is 25.6 Å². The molecule has 0 aliphatic carbocycles. The Kier molecular flexibility index (Phi) is 3.71. The first kappa shape index (κ1) is 13.8. The Bertz CT molecular complexity index is 749. The van der Waals surface area contributed by atoms with Crippen molar-refractivity contribution in [2.75, 3.05) is 0 Å². The Morgan fingerprint density at radius 1 is 1.19 bits per heavy atom. The van der Waals surface area contributed by atoms with E-state index in [9.17, 15) is 4.39 Å². The van der Waals surface area contributed by atoms with Crippen LogP contribution in [-0.4, -0.2) is 9.55 Å². The lowest BCUT2D eigenvalue weighted by molar-refractivity contribution is 0.623. The highest BCUT2D eigenvalue weighted by molar-refractivity contribution is 5.75. The second-order valence-corrected chi connectivity index (χ2v) is 5.28. The van der Waals surface area contributed by atoms with Gasteiger partial charge in [0.25, 0.3) is 0 Å². The lowest BCUT2D eigenvalue weighted by atomic mass is 10.0. The van der Waals surface area contributed by atoms with Crippen molar-refractivity contribution < 1.29 is 4.39 Å². The van der Waals surface area contributed by atoms with Crippen LogP contribution in [0.15, 0.2) is 48.5 Å². The number of halogens is 1. The maximum absolute atomic E-state index is 13.2. The zero-order valence-electron chi connectivity index (χ0n) is 12.0. The Balaban J connectivity index is 1.78. The minimum absolute atomic E-state index is 0.0113. The minimum Gasteiger partial charge on any atom is -0.331 e.